The van der Waals surface area contributed by atoms with Gasteiger partial charge in [0.05, 0.1) is 6.61 Å². The molecule has 114 valence electrons. The van der Waals surface area contributed by atoms with Gasteiger partial charge in [-0.1, -0.05) is 30.8 Å². The predicted octanol–water partition coefficient (Wildman–Crippen LogP) is 2.66. The monoisotopic (exact) mass is 306 g/mol. The summed E-state index contributed by atoms with van der Waals surface area (Å²) >= 11 is 1.71. The van der Waals surface area contributed by atoms with Crippen LogP contribution in [0.1, 0.15) is 25.5 Å². The molecule has 1 unspecified atom stereocenters. The van der Waals surface area contributed by atoms with Crippen LogP contribution in [0.25, 0.3) is 0 Å². The van der Waals surface area contributed by atoms with Crippen LogP contribution >= 0.6 is 11.8 Å². The van der Waals surface area contributed by atoms with E-state index < -0.39 is 0 Å². The van der Waals surface area contributed by atoms with Crippen LogP contribution in [0.2, 0.25) is 0 Å². The molecule has 0 spiro atoms. The summed E-state index contributed by atoms with van der Waals surface area (Å²) in [6.45, 7) is 5.73. The van der Waals surface area contributed by atoms with Gasteiger partial charge in [-0.2, -0.15) is 5.10 Å². The Morgan fingerprint density at radius 1 is 1.29 bits per heavy atom. The van der Waals surface area contributed by atoms with Crippen LogP contribution in [0.3, 0.4) is 0 Å². The normalized spacial score (nSPS) is 12.3. The van der Waals surface area contributed by atoms with Crippen LogP contribution < -0.4 is 10.1 Å². The van der Waals surface area contributed by atoms with Gasteiger partial charge in [-0.3, -0.25) is 0 Å². The van der Waals surface area contributed by atoms with Gasteiger partial charge in [0.2, 0.25) is 0 Å². The molecule has 1 N–H and O–H groups in total. The lowest BCUT2D eigenvalue weighted by molar-refractivity contribution is 0.340. The van der Waals surface area contributed by atoms with E-state index in [1.54, 1.807) is 22.8 Å². The number of nitrogens with one attached hydrogen (secondary N) is 1. The van der Waals surface area contributed by atoms with Crippen LogP contribution in [0.4, 0.5) is 0 Å². The number of ether oxygens (including phenoxy) is 1. The van der Waals surface area contributed by atoms with E-state index >= 15 is 0 Å². The molecule has 0 aliphatic carbocycles. The molecule has 0 aliphatic rings. The first-order valence-corrected chi connectivity index (χ1v) is 8.16. The van der Waals surface area contributed by atoms with Crippen molar-refractivity contribution in [1.29, 1.82) is 0 Å². The number of aryl methyl sites for hydroxylation is 1. The molecular formula is C15H22N4OS. The van der Waals surface area contributed by atoms with Crippen LogP contribution in [0, 0.1) is 0 Å². The second-order valence-electron chi connectivity index (χ2n) is 4.59. The minimum absolute atomic E-state index is 0.285. The standard InChI is InChI=1S/C15H22N4OS/c1-4-16-14(10-21-15-17-11-18-19(15)3)12-6-8-13(9-7-12)20-5-2/h6-9,11,14,16H,4-5,10H2,1-3H3. The molecule has 0 radical (unpaired) electrons. The maximum absolute atomic E-state index is 5.49. The quantitative estimate of drug-likeness (QED) is 0.760. The van der Waals surface area contributed by atoms with Crippen molar-refractivity contribution in [2.45, 2.75) is 25.0 Å². The number of hydrogen-bond donors (Lipinski definition) is 1. The maximum Gasteiger partial charge on any atom is 0.185 e. The largest absolute Gasteiger partial charge is 0.494 e. The Balaban J connectivity index is 2.02. The van der Waals surface area contributed by atoms with Crippen molar-refractivity contribution in [1.82, 2.24) is 20.1 Å². The second-order valence-corrected chi connectivity index (χ2v) is 5.58. The zero-order chi connectivity index (χ0) is 15.1. The molecule has 2 aromatic rings. The van der Waals surface area contributed by atoms with Gasteiger partial charge in [-0.05, 0) is 31.2 Å². The number of benzene rings is 1. The Bertz CT molecular complexity index is 541. The molecule has 0 saturated carbocycles. The zero-order valence-electron chi connectivity index (χ0n) is 12.7. The summed E-state index contributed by atoms with van der Waals surface area (Å²) in [6.07, 6.45) is 1.58. The minimum atomic E-state index is 0.285. The molecule has 1 heterocycles. The van der Waals surface area contributed by atoms with Crippen molar-refractivity contribution in [3.05, 3.63) is 36.2 Å². The summed E-state index contributed by atoms with van der Waals surface area (Å²) in [5, 5.41) is 8.54. The Hall–Kier alpha value is -1.53. The molecule has 2 rings (SSSR count). The molecule has 6 heteroatoms. The molecule has 0 aliphatic heterocycles. The highest BCUT2D eigenvalue weighted by molar-refractivity contribution is 7.99. The lowest BCUT2D eigenvalue weighted by Gasteiger charge is -2.18. The van der Waals surface area contributed by atoms with Gasteiger partial charge in [-0.15, -0.1) is 0 Å². The first-order valence-electron chi connectivity index (χ1n) is 7.17. The molecule has 0 amide bonds. The topological polar surface area (TPSA) is 52.0 Å². The number of nitrogens with zero attached hydrogens (tertiary/aromatic N) is 3. The van der Waals surface area contributed by atoms with Gasteiger partial charge in [0.15, 0.2) is 5.16 Å². The summed E-state index contributed by atoms with van der Waals surface area (Å²) < 4.78 is 7.29. The van der Waals surface area contributed by atoms with Gasteiger partial charge < -0.3 is 10.1 Å². The Labute approximate surface area is 130 Å². The molecule has 21 heavy (non-hydrogen) atoms. The average molecular weight is 306 g/mol. The fourth-order valence-electron chi connectivity index (χ4n) is 2.06. The molecule has 0 saturated heterocycles. The van der Waals surface area contributed by atoms with Crippen LogP contribution in [0.15, 0.2) is 35.7 Å². The Morgan fingerprint density at radius 3 is 2.62 bits per heavy atom. The van der Waals surface area contributed by atoms with Crippen LogP contribution in [0.5, 0.6) is 5.75 Å². The number of aromatic nitrogens is 3. The third-order valence-corrected chi connectivity index (χ3v) is 4.22. The van der Waals surface area contributed by atoms with Crippen molar-refractivity contribution in [2.24, 2.45) is 7.05 Å². The average Bonchev–Trinajstić information content (AvgIpc) is 2.90. The lowest BCUT2D eigenvalue weighted by Crippen LogP contribution is -2.23. The zero-order valence-corrected chi connectivity index (χ0v) is 13.6. The van der Waals surface area contributed by atoms with Gasteiger partial charge in [0.25, 0.3) is 0 Å². The molecule has 0 fully saturated rings. The van der Waals surface area contributed by atoms with E-state index in [1.807, 2.05) is 26.1 Å². The summed E-state index contributed by atoms with van der Waals surface area (Å²) in [4.78, 5) is 4.25. The van der Waals surface area contributed by atoms with Crippen molar-refractivity contribution < 1.29 is 4.74 Å². The van der Waals surface area contributed by atoms with E-state index in [9.17, 15) is 0 Å². The smallest absolute Gasteiger partial charge is 0.185 e. The Kier molecular flexibility index (Phi) is 6.07. The van der Waals surface area contributed by atoms with Gasteiger partial charge >= 0.3 is 0 Å². The fourth-order valence-corrected chi connectivity index (χ4v) is 3.04. The summed E-state index contributed by atoms with van der Waals surface area (Å²) in [6, 6.07) is 8.57. The minimum Gasteiger partial charge on any atom is -0.494 e. The highest BCUT2D eigenvalue weighted by Crippen LogP contribution is 2.24. The fraction of sp³-hybridized carbons (Fsp3) is 0.467. The Morgan fingerprint density at radius 2 is 2.05 bits per heavy atom. The number of rotatable bonds is 8. The molecule has 1 aromatic carbocycles. The van der Waals surface area contributed by atoms with Crippen molar-refractivity contribution >= 4 is 11.8 Å². The number of hydrogen-bond acceptors (Lipinski definition) is 5. The SMILES string of the molecule is CCNC(CSc1ncnn1C)c1ccc(OCC)cc1. The summed E-state index contributed by atoms with van der Waals surface area (Å²) in [5.74, 6) is 1.83. The first kappa shape index (κ1) is 15.9. The van der Waals surface area contributed by atoms with Crippen LogP contribution in [-0.4, -0.2) is 33.7 Å². The van der Waals surface area contributed by atoms with Gasteiger partial charge in [-0.25, -0.2) is 9.67 Å². The summed E-state index contributed by atoms with van der Waals surface area (Å²) in [5.41, 5.74) is 1.26. The molecule has 5 nitrogen and oxygen atoms in total. The van der Waals surface area contributed by atoms with E-state index in [2.05, 4.69) is 34.5 Å². The van der Waals surface area contributed by atoms with Crippen molar-refractivity contribution in [3.8, 4) is 5.75 Å². The highest BCUT2D eigenvalue weighted by Gasteiger charge is 2.12. The third-order valence-electron chi connectivity index (χ3n) is 3.09. The third kappa shape index (κ3) is 4.47. The van der Waals surface area contributed by atoms with Gasteiger partial charge in [0, 0.05) is 18.8 Å². The van der Waals surface area contributed by atoms with Crippen LogP contribution in [-0.2, 0) is 7.05 Å². The van der Waals surface area contributed by atoms with Crippen molar-refractivity contribution in [2.75, 3.05) is 18.9 Å². The van der Waals surface area contributed by atoms with E-state index in [0.717, 1.165) is 23.2 Å². The number of thioether (sulfide) groups is 1. The highest BCUT2D eigenvalue weighted by atomic mass is 32.2. The van der Waals surface area contributed by atoms with E-state index in [-0.39, 0.29) is 6.04 Å². The van der Waals surface area contributed by atoms with Crippen molar-refractivity contribution in [3.63, 3.8) is 0 Å². The van der Waals surface area contributed by atoms with E-state index in [0.29, 0.717) is 6.61 Å². The van der Waals surface area contributed by atoms with E-state index in [4.69, 9.17) is 4.74 Å². The predicted molar refractivity (Wildman–Crippen MR) is 85.8 cm³/mol. The first-order chi connectivity index (χ1) is 10.2. The van der Waals surface area contributed by atoms with E-state index in [1.165, 1.54) is 5.56 Å². The maximum atomic E-state index is 5.49. The molecule has 0 bridgehead atoms. The second kappa shape index (κ2) is 8.05. The molecular weight excluding hydrogens is 284 g/mol. The molecule has 1 aromatic heterocycles. The summed E-state index contributed by atoms with van der Waals surface area (Å²) in [7, 11) is 1.91. The lowest BCUT2D eigenvalue weighted by atomic mass is 10.1. The molecule has 1 atom stereocenters. The van der Waals surface area contributed by atoms with Gasteiger partial charge in [0.1, 0.15) is 12.1 Å².